The smallest absolute Gasteiger partial charge is 0.260 e. The maximum atomic E-state index is 13.8. The first-order valence-corrected chi connectivity index (χ1v) is 6.43. The van der Waals surface area contributed by atoms with Crippen LogP contribution in [0.25, 0.3) is 11.1 Å². The molecule has 5 heteroatoms. The Morgan fingerprint density at radius 3 is 2.10 bits per heavy atom. The van der Waals surface area contributed by atoms with E-state index >= 15 is 0 Å². The van der Waals surface area contributed by atoms with Crippen molar-refractivity contribution in [1.29, 1.82) is 0 Å². The number of rotatable bonds is 1. The molecule has 0 unspecified atom stereocenters. The second-order valence-electron chi connectivity index (χ2n) is 5.84. The molecular formula is C16H15F4N. The maximum Gasteiger partial charge on any atom is 0.417 e. The quantitative estimate of drug-likeness (QED) is 0.659. The van der Waals surface area contributed by atoms with Crippen LogP contribution in [0.4, 0.5) is 17.6 Å². The van der Waals surface area contributed by atoms with Gasteiger partial charge in [0.05, 0.1) is 5.56 Å². The van der Waals surface area contributed by atoms with E-state index in [1.165, 1.54) is 18.2 Å². The molecule has 0 spiro atoms. The summed E-state index contributed by atoms with van der Waals surface area (Å²) in [5.41, 5.74) is -1.41. The number of hydrogen-bond acceptors (Lipinski definition) is 1. The first-order valence-electron chi connectivity index (χ1n) is 6.43. The Bertz CT molecular complexity index is 654. The molecule has 0 fully saturated rings. The Morgan fingerprint density at radius 1 is 0.952 bits per heavy atom. The number of benzene rings is 1. The van der Waals surface area contributed by atoms with Gasteiger partial charge in [-0.2, -0.15) is 13.2 Å². The molecule has 0 bridgehead atoms. The molecule has 0 aliphatic rings. The third-order valence-corrected chi connectivity index (χ3v) is 3.14. The Morgan fingerprint density at radius 2 is 1.57 bits per heavy atom. The third kappa shape index (κ3) is 3.23. The van der Waals surface area contributed by atoms with Crippen LogP contribution in [0.1, 0.15) is 32.0 Å². The van der Waals surface area contributed by atoms with Gasteiger partial charge in [0.1, 0.15) is 5.82 Å². The molecule has 0 saturated heterocycles. The van der Waals surface area contributed by atoms with Crippen molar-refractivity contribution in [3.63, 3.8) is 0 Å². The minimum atomic E-state index is -4.57. The van der Waals surface area contributed by atoms with E-state index in [4.69, 9.17) is 0 Å². The van der Waals surface area contributed by atoms with E-state index in [2.05, 4.69) is 4.98 Å². The zero-order valence-corrected chi connectivity index (χ0v) is 11.9. The average Bonchev–Trinajstić information content (AvgIpc) is 2.36. The lowest BCUT2D eigenvalue weighted by Gasteiger charge is -2.21. The Balaban J connectivity index is 2.70. The van der Waals surface area contributed by atoms with Crippen LogP contribution < -0.4 is 0 Å². The summed E-state index contributed by atoms with van der Waals surface area (Å²) in [7, 11) is 0. The standard InChI is InChI=1S/C16H15F4N/c1-15(2,3)14-8-12(16(18,19)20)11(9-21-14)10-6-4-5-7-13(10)17/h4-9H,1-3H3. The molecule has 1 heterocycles. The second-order valence-corrected chi connectivity index (χ2v) is 5.84. The predicted molar refractivity (Wildman–Crippen MR) is 73.3 cm³/mol. The van der Waals surface area contributed by atoms with Crippen molar-refractivity contribution >= 4 is 0 Å². The molecule has 2 rings (SSSR count). The van der Waals surface area contributed by atoms with E-state index < -0.39 is 23.0 Å². The molecule has 0 aliphatic heterocycles. The largest absolute Gasteiger partial charge is 0.417 e. The lowest BCUT2D eigenvalue weighted by Crippen LogP contribution is -2.17. The van der Waals surface area contributed by atoms with Gasteiger partial charge in [-0.15, -0.1) is 0 Å². The molecule has 21 heavy (non-hydrogen) atoms. The lowest BCUT2D eigenvalue weighted by atomic mass is 9.89. The number of aromatic nitrogens is 1. The minimum absolute atomic E-state index is 0.0993. The summed E-state index contributed by atoms with van der Waals surface area (Å²) in [6, 6.07) is 6.38. The molecule has 1 nitrogen and oxygen atoms in total. The van der Waals surface area contributed by atoms with Crippen LogP contribution in [0.2, 0.25) is 0 Å². The van der Waals surface area contributed by atoms with Crippen molar-refractivity contribution in [3.05, 3.63) is 53.6 Å². The third-order valence-electron chi connectivity index (χ3n) is 3.14. The van der Waals surface area contributed by atoms with Gasteiger partial charge in [0.25, 0.3) is 0 Å². The van der Waals surface area contributed by atoms with Gasteiger partial charge in [0.2, 0.25) is 0 Å². The number of nitrogens with zero attached hydrogens (tertiary/aromatic N) is 1. The average molecular weight is 297 g/mol. The van der Waals surface area contributed by atoms with Crippen LogP contribution in [-0.2, 0) is 11.6 Å². The second kappa shape index (κ2) is 5.13. The minimum Gasteiger partial charge on any atom is -0.260 e. The molecule has 112 valence electrons. The van der Waals surface area contributed by atoms with Gasteiger partial charge < -0.3 is 0 Å². The predicted octanol–water partition coefficient (Wildman–Crippen LogP) is 5.20. The topological polar surface area (TPSA) is 12.9 Å². The van der Waals surface area contributed by atoms with Gasteiger partial charge in [-0.3, -0.25) is 4.98 Å². The van der Waals surface area contributed by atoms with E-state index in [9.17, 15) is 17.6 Å². The van der Waals surface area contributed by atoms with Gasteiger partial charge in [-0.25, -0.2) is 4.39 Å². The molecule has 2 aromatic rings. The van der Waals surface area contributed by atoms with Gasteiger partial charge in [0.15, 0.2) is 0 Å². The van der Waals surface area contributed by atoms with Gasteiger partial charge in [-0.05, 0) is 12.1 Å². The van der Waals surface area contributed by atoms with Crippen molar-refractivity contribution in [2.75, 3.05) is 0 Å². The highest BCUT2D eigenvalue weighted by molar-refractivity contribution is 5.68. The maximum absolute atomic E-state index is 13.8. The summed E-state index contributed by atoms with van der Waals surface area (Å²) in [6.45, 7) is 5.33. The van der Waals surface area contributed by atoms with Crippen molar-refractivity contribution in [2.24, 2.45) is 0 Å². The zero-order chi connectivity index (χ0) is 15.8. The van der Waals surface area contributed by atoms with Crippen molar-refractivity contribution in [3.8, 4) is 11.1 Å². The first-order chi connectivity index (χ1) is 9.60. The normalized spacial score (nSPS) is 12.5. The summed E-state index contributed by atoms with van der Waals surface area (Å²) in [6.07, 6.45) is -3.47. The van der Waals surface area contributed by atoms with E-state index in [1.54, 1.807) is 20.8 Å². The van der Waals surface area contributed by atoms with E-state index in [-0.39, 0.29) is 11.1 Å². The highest BCUT2D eigenvalue weighted by Gasteiger charge is 2.35. The Kier molecular flexibility index (Phi) is 3.78. The monoisotopic (exact) mass is 297 g/mol. The number of alkyl halides is 3. The van der Waals surface area contributed by atoms with Crippen LogP contribution in [0.3, 0.4) is 0 Å². The highest BCUT2D eigenvalue weighted by Crippen LogP contribution is 2.39. The van der Waals surface area contributed by atoms with E-state index in [1.807, 2.05) is 0 Å². The molecule has 0 atom stereocenters. The fourth-order valence-corrected chi connectivity index (χ4v) is 1.99. The van der Waals surface area contributed by atoms with Crippen molar-refractivity contribution in [1.82, 2.24) is 4.98 Å². The summed E-state index contributed by atoms with van der Waals surface area (Å²) in [4.78, 5) is 4.07. The highest BCUT2D eigenvalue weighted by atomic mass is 19.4. The number of pyridine rings is 1. The SMILES string of the molecule is CC(C)(C)c1cc(C(F)(F)F)c(-c2ccccc2F)cn1. The molecule has 0 saturated carbocycles. The van der Waals surface area contributed by atoms with Gasteiger partial charge in [-0.1, -0.05) is 39.0 Å². The molecule has 0 amide bonds. The molecule has 0 N–H and O–H groups in total. The van der Waals surface area contributed by atoms with E-state index in [0.29, 0.717) is 5.69 Å². The van der Waals surface area contributed by atoms with Crippen molar-refractivity contribution < 1.29 is 17.6 Å². The first kappa shape index (κ1) is 15.5. The van der Waals surface area contributed by atoms with Crippen LogP contribution in [0.15, 0.2) is 36.5 Å². The van der Waals surface area contributed by atoms with E-state index in [0.717, 1.165) is 18.3 Å². The molecule has 1 aromatic carbocycles. The fraction of sp³-hybridized carbons (Fsp3) is 0.312. The number of halogens is 4. The van der Waals surface area contributed by atoms with Gasteiger partial charge >= 0.3 is 6.18 Å². The molecular weight excluding hydrogens is 282 g/mol. The van der Waals surface area contributed by atoms with Gasteiger partial charge in [0, 0.05) is 28.4 Å². The van der Waals surface area contributed by atoms with Crippen LogP contribution in [0.5, 0.6) is 0 Å². The summed E-state index contributed by atoms with van der Waals surface area (Å²) in [5.74, 6) is -0.701. The fourth-order valence-electron chi connectivity index (χ4n) is 1.99. The van der Waals surface area contributed by atoms with Crippen LogP contribution >= 0.6 is 0 Å². The summed E-state index contributed by atoms with van der Waals surface area (Å²) >= 11 is 0. The molecule has 1 aromatic heterocycles. The Hall–Kier alpha value is -1.91. The van der Waals surface area contributed by atoms with Crippen LogP contribution in [-0.4, -0.2) is 4.98 Å². The van der Waals surface area contributed by atoms with Crippen LogP contribution in [0, 0.1) is 5.82 Å². The summed E-state index contributed by atoms with van der Waals surface area (Å²) < 4.78 is 53.6. The zero-order valence-electron chi connectivity index (χ0n) is 11.9. The molecule has 0 radical (unpaired) electrons. The lowest BCUT2D eigenvalue weighted by molar-refractivity contribution is -0.137. The molecule has 0 aliphatic carbocycles. The summed E-state index contributed by atoms with van der Waals surface area (Å²) in [5, 5.41) is 0. The Labute approximate surface area is 120 Å². The number of hydrogen-bond donors (Lipinski definition) is 0. The van der Waals surface area contributed by atoms with Crippen molar-refractivity contribution in [2.45, 2.75) is 32.4 Å².